The van der Waals surface area contributed by atoms with E-state index in [1.54, 1.807) is 0 Å². The average molecular weight is 535 g/mol. The summed E-state index contributed by atoms with van der Waals surface area (Å²) < 4.78 is 19.7. The van der Waals surface area contributed by atoms with Gasteiger partial charge in [-0.05, 0) is 49.1 Å². The summed E-state index contributed by atoms with van der Waals surface area (Å²) in [5.41, 5.74) is 3.47. The third-order valence-corrected chi connectivity index (χ3v) is 7.60. The molecule has 5 rings (SSSR count). The van der Waals surface area contributed by atoms with Crippen molar-refractivity contribution in [1.82, 2.24) is 0 Å². The van der Waals surface area contributed by atoms with E-state index in [0.29, 0.717) is 19.8 Å². The van der Waals surface area contributed by atoms with Gasteiger partial charge in [-0.2, -0.15) is 0 Å². The predicted molar refractivity (Wildman–Crippen MR) is 170 cm³/mol. The Labute approximate surface area is 239 Å². The number of fused-ring (bicyclic) bond motifs is 3. The van der Waals surface area contributed by atoms with E-state index >= 15 is 0 Å². The molecule has 0 spiro atoms. The standard InChI is InChI=1S/C37H42O3/c1-5-8-21-38-34-25-33(37(40-23-10-7-3)30-17-13-11-15-27(30)34)35-28-16-12-14-18-31(28)36(39-22-9-6-2)32-24-26(4)19-20-29(32)35/h11-20,24-25H,5-10,21-23H2,1-4H3. The van der Waals surface area contributed by atoms with Gasteiger partial charge >= 0.3 is 0 Å². The number of aryl methyl sites for hydroxylation is 1. The van der Waals surface area contributed by atoms with Crippen molar-refractivity contribution in [2.75, 3.05) is 19.8 Å². The topological polar surface area (TPSA) is 27.7 Å². The highest BCUT2D eigenvalue weighted by molar-refractivity contribution is 6.19. The van der Waals surface area contributed by atoms with E-state index in [-0.39, 0.29) is 0 Å². The number of hydrogen-bond donors (Lipinski definition) is 0. The van der Waals surface area contributed by atoms with Gasteiger partial charge in [0.15, 0.2) is 0 Å². The lowest BCUT2D eigenvalue weighted by molar-refractivity contribution is 0.307. The van der Waals surface area contributed by atoms with Crippen molar-refractivity contribution >= 4 is 32.3 Å². The van der Waals surface area contributed by atoms with Crippen LogP contribution in [0.5, 0.6) is 17.2 Å². The highest BCUT2D eigenvalue weighted by atomic mass is 16.5. The zero-order valence-corrected chi connectivity index (χ0v) is 24.5. The minimum absolute atomic E-state index is 0.677. The lowest BCUT2D eigenvalue weighted by atomic mass is 9.88. The summed E-state index contributed by atoms with van der Waals surface area (Å²) in [6, 6.07) is 26.1. The maximum absolute atomic E-state index is 6.67. The van der Waals surface area contributed by atoms with Crippen molar-refractivity contribution in [1.29, 1.82) is 0 Å². The van der Waals surface area contributed by atoms with Crippen LogP contribution in [0, 0.1) is 6.92 Å². The van der Waals surface area contributed by atoms with Gasteiger partial charge in [-0.25, -0.2) is 0 Å². The van der Waals surface area contributed by atoms with Gasteiger partial charge in [0.05, 0.1) is 19.8 Å². The summed E-state index contributed by atoms with van der Waals surface area (Å²) in [4.78, 5) is 0. The van der Waals surface area contributed by atoms with Gasteiger partial charge < -0.3 is 14.2 Å². The maximum atomic E-state index is 6.67. The van der Waals surface area contributed by atoms with Crippen molar-refractivity contribution in [2.45, 2.75) is 66.2 Å². The van der Waals surface area contributed by atoms with Gasteiger partial charge in [0.2, 0.25) is 0 Å². The van der Waals surface area contributed by atoms with Crippen LogP contribution in [-0.4, -0.2) is 19.8 Å². The van der Waals surface area contributed by atoms with Gasteiger partial charge in [0, 0.05) is 32.7 Å². The molecule has 0 amide bonds. The molecule has 0 fully saturated rings. The summed E-state index contributed by atoms with van der Waals surface area (Å²) in [5.74, 6) is 2.81. The maximum Gasteiger partial charge on any atom is 0.135 e. The molecule has 0 N–H and O–H groups in total. The van der Waals surface area contributed by atoms with Crippen molar-refractivity contribution < 1.29 is 14.2 Å². The number of hydrogen-bond acceptors (Lipinski definition) is 3. The monoisotopic (exact) mass is 534 g/mol. The van der Waals surface area contributed by atoms with Gasteiger partial charge in [0.1, 0.15) is 17.2 Å². The first-order valence-electron chi connectivity index (χ1n) is 15.1. The van der Waals surface area contributed by atoms with E-state index in [0.717, 1.165) is 82.9 Å². The third kappa shape index (κ3) is 5.61. The second kappa shape index (κ2) is 13.1. The summed E-state index contributed by atoms with van der Waals surface area (Å²) in [5, 5.41) is 6.80. The lowest BCUT2D eigenvalue weighted by Crippen LogP contribution is -2.03. The van der Waals surface area contributed by atoms with Crippen molar-refractivity contribution in [3.8, 4) is 28.4 Å². The Balaban J connectivity index is 1.86. The second-order valence-electron chi connectivity index (χ2n) is 10.7. The number of ether oxygens (including phenoxy) is 3. The third-order valence-electron chi connectivity index (χ3n) is 7.60. The molecule has 0 aromatic heterocycles. The summed E-state index contributed by atoms with van der Waals surface area (Å²) in [6.45, 7) is 10.8. The Morgan fingerprint density at radius 1 is 0.500 bits per heavy atom. The first-order chi connectivity index (χ1) is 19.7. The highest BCUT2D eigenvalue weighted by Gasteiger charge is 2.22. The van der Waals surface area contributed by atoms with E-state index in [4.69, 9.17) is 14.2 Å². The smallest absolute Gasteiger partial charge is 0.135 e. The lowest BCUT2D eigenvalue weighted by Gasteiger charge is -2.22. The van der Waals surface area contributed by atoms with E-state index in [9.17, 15) is 0 Å². The molecule has 0 radical (unpaired) electrons. The quantitative estimate of drug-likeness (QED) is 0.111. The molecule has 5 aromatic rings. The van der Waals surface area contributed by atoms with Crippen LogP contribution in [0.25, 0.3) is 43.4 Å². The normalized spacial score (nSPS) is 11.4. The zero-order chi connectivity index (χ0) is 27.9. The van der Waals surface area contributed by atoms with Crippen LogP contribution >= 0.6 is 0 Å². The molecule has 5 aromatic carbocycles. The van der Waals surface area contributed by atoms with Crippen LogP contribution in [0.15, 0.2) is 72.8 Å². The second-order valence-corrected chi connectivity index (χ2v) is 10.7. The van der Waals surface area contributed by atoms with Gasteiger partial charge in [0.25, 0.3) is 0 Å². The van der Waals surface area contributed by atoms with Crippen molar-refractivity contribution in [3.05, 3.63) is 78.4 Å². The van der Waals surface area contributed by atoms with Crippen LogP contribution in [-0.2, 0) is 0 Å². The molecule has 0 saturated heterocycles. The molecule has 3 nitrogen and oxygen atoms in total. The van der Waals surface area contributed by atoms with Crippen LogP contribution in [0.2, 0.25) is 0 Å². The molecule has 3 heteroatoms. The Morgan fingerprint density at radius 2 is 1.02 bits per heavy atom. The molecule has 0 heterocycles. The SMILES string of the molecule is CCCCOc1cc(-c2c3ccccc3c(OCCCC)c3cc(C)ccc23)c(OCCCC)c2ccccc12. The van der Waals surface area contributed by atoms with E-state index in [1.807, 2.05) is 0 Å². The molecular formula is C37H42O3. The molecule has 0 aliphatic carbocycles. The Morgan fingerprint density at radius 3 is 1.68 bits per heavy atom. The minimum Gasteiger partial charge on any atom is -0.493 e. The minimum atomic E-state index is 0.677. The first kappa shape index (κ1) is 27.8. The van der Waals surface area contributed by atoms with E-state index < -0.39 is 0 Å². The van der Waals surface area contributed by atoms with Gasteiger partial charge in [-0.3, -0.25) is 0 Å². The van der Waals surface area contributed by atoms with Crippen LogP contribution < -0.4 is 14.2 Å². The molecule has 0 aliphatic rings. The highest BCUT2D eigenvalue weighted by Crippen LogP contribution is 2.49. The molecule has 40 heavy (non-hydrogen) atoms. The fraction of sp³-hybridized carbons (Fsp3) is 0.351. The molecule has 208 valence electrons. The first-order valence-corrected chi connectivity index (χ1v) is 15.1. The van der Waals surface area contributed by atoms with Crippen molar-refractivity contribution in [3.63, 3.8) is 0 Å². The fourth-order valence-corrected chi connectivity index (χ4v) is 5.44. The number of benzene rings is 5. The van der Waals surface area contributed by atoms with Crippen molar-refractivity contribution in [2.24, 2.45) is 0 Å². The average Bonchev–Trinajstić information content (AvgIpc) is 2.98. The molecule has 0 unspecified atom stereocenters. The van der Waals surface area contributed by atoms with E-state index in [1.165, 1.54) is 21.9 Å². The van der Waals surface area contributed by atoms with E-state index in [2.05, 4.69) is 100 Å². The summed E-state index contributed by atoms with van der Waals surface area (Å²) in [6.07, 6.45) is 6.34. The van der Waals surface area contributed by atoms with Gasteiger partial charge in [-0.1, -0.05) is 106 Å². The number of rotatable bonds is 13. The van der Waals surface area contributed by atoms with Crippen LogP contribution in [0.1, 0.15) is 64.9 Å². The summed E-state index contributed by atoms with van der Waals surface area (Å²) >= 11 is 0. The fourth-order valence-electron chi connectivity index (χ4n) is 5.44. The Kier molecular flexibility index (Phi) is 9.11. The van der Waals surface area contributed by atoms with Crippen LogP contribution in [0.3, 0.4) is 0 Å². The molecule has 0 bridgehead atoms. The number of unbranched alkanes of at least 4 members (excludes halogenated alkanes) is 3. The molecule has 0 aliphatic heterocycles. The molecule has 0 saturated carbocycles. The summed E-state index contributed by atoms with van der Waals surface area (Å²) in [7, 11) is 0. The largest absolute Gasteiger partial charge is 0.493 e. The zero-order valence-electron chi connectivity index (χ0n) is 24.5. The molecular weight excluding hydrogens is 492 g/mol. The Bertz CT molecular complexity index is 1600. The van der Waals surface area contributed by atoms with Gasteiger partial charge in [-0.15, -0.1) is 0 Å². The molecule has 0 atom stereocenters. The van der Waals surface area contributed by atoms with Crippen LogP contribution in [0.4, 0.5) is 0 Å². The Hall–Kier alpha value is -3.72. The predicted octanol–water partition coefficient (Wildman–Crippen LogP) is 10.7.